The largest absolute Gasteiger partial charge is 0.337 e. The Morgan fingerprint density at radius 2 is 1.89 bits per heavy atom. The Balaban J connectivity index is 0. The molecule has 0 unspecified atom stereocenters. The van der Waals surface area contributed by atoms with Gasteiger partial charge in [0.05, 0.1) is 0 Å². The highest BCUT2D eigenvalue weighted by atomic mass is 35.5. The monoisotopic (exact) mass is 304 g/mol. The van der Waals surface area contributed by atoms with Gasteiger partial charge >= 0.3 is 0 Å². The molecule has 0 saturated heterocycles. The first-order valence-corrected chi connectivity index (χ1v) is 5.90. The summed E-state index contributed by atoms with van der Waals surface area (Å²) >= 11 is 0. The van der Waals surface area contributed by atoms with Crippen molar-refractivity contribution in [3.8, 4) is 0 Å². The van der Waals surface area contributed by atoms with Crippen molar-refractivity contribution in [3.05, 3.63) is 48.6 Å². The molecule has 0 radical (unpaired) electrons. The molecule has 0 heterocycles. The second-order valence-corrected chi connectivity index (χ2v) is 3.92. The maximum atomic E-state index is 11.9. The third-order valence-electron chi connectivity index (χ3n) is 2.53. The van der Waals surface area contributed by atoms with Gasteiger partial charge in [0.25, 0.3) is 0 Å². The molecule has 0 aliphatic heterocycles. The highest BCUT2D eigenvalue weighted by molar-refractivity contribution is 5.85. The van der Waals surface area contributed by atoms with E-state index in [2.05, 4.69) is 6.58 Å². The van der Waals surface area contributed by atoms with Gasteiger partial charge in [0.15, 0.2) is 0 Å². The highest BCUT2D eigenvalue weighted by Crippen LogP contribution is 2.06. The molecule has 1 aromatic carbocycles. The topological polar surface area (TPSA) is 46.3 Å². The maximum Gasteiger partial charge on any atom is 0.223 e. The summed E-state index contributed by atoms with van der Waals surface area (Å²) in [6.07, 6.45) is 2.99. The number of halogens is 2. The zero-order valence-corrected chi connectivity index (χ0v) is 12.6. The fraction of sp³-hybridized carbons (Fsp3) is 0.357. The van der Waals surface area contributed by atoms with Crippen molar-refractivity contribution in [2.24, 2.45) is 5.73 Å². The van der Waals surface area contributed by atoms with E-state index in [0.29, 0.717) is 32.5 Å². The minimum Gasteiger partial charge on any atom is -0.337 e. The van der Waals surface area contributed by atoms with E-state index in [1.807, 2.05) is 30.3 Å². The van der Waals surface area contributed by atoms with Gasteiger partial charge in [-0.1, -0.05) is 36.4 Å². The summed E-state index contributed by atoms with van der Waals surface area (Å²) in [4.78, 5) is 13.7. The van der Waals surface area contributed by atoms with Crippen LogP contribution in [0.5, 0.6) is 0 Å². The van der Waals surface area contributed by atoms with Crippen molar-refractivity contribution in [3.63, 3.8) is 0 Å². The number of rotatable bonds is 7. The van der Waals surface area contributed by atoms with Crippen molar-refractivity contribution < 1.29 is 4.79 Å². The standard InChI is InChI=1S/C14H20N2O.2ClH/c1-2-3-9-14(17)16(11-10-15)12-13-7-5-4-6-8-13;;/h2,4-8H,1,3,9-12,15H2;2*1H. The molecule has 0 aliphatic carbocycles. The Morgan fingerprint density at radius 1 is 1.26 bits per heavy atom. The summed E-state index contributed by atoms with van der Waals surface area (Å²) in [5.41, 5.74) is 6.67. The molecule has 0 spiro atoms. The van der Waals surface area contributed by atoms with Crippen LogP contribution in [0.25, 0.3) is 0 Å². The van der Waals surface area contributed by atoms with E-state index in [9.17, 15) is 4.79 Å². The number of carbonyl (C=O) groups excluding carboxylic acids is 1. The van der Waals surface area contributed by atoms with E-state index in [1.54, 1.807) is 11.0 Å². The van der Waals surface area contributed by atoms with E-state index in [1.165, 1.54) is 0 Å². The van der Waals surface area contributed by atoms with E-state index < -0.39 is 0 Å². The molecule has 5 heteroatoms. The predicted octanol–water partition coefficient (Wildman–Crippen LogP) is 2.78. The lowest BCUT2D eigenvalue weighted by Gasteiger charge is -2.22. The molecule has 0 fully saturated rings. The fourth-order valence-electron chi connectivity index (χ4n) is 1.64. The molecule has 3 nitrogen and oxygen atoms in total. The number of nitrogens with zero attached hydrogens (tertiary/aromatic N) is 1. The van der Waals surface area contributed by atoms with E-state index in [0.717, 1.165) is 5.56 Å². The van der Waals surface area contributed by atoms with Crippen LogP contribution in [0.3, 0.4) is 0 Å². The number of hydrogen-bond acceptors (Lipinski definition) is 2. The van der Waals surface area contributed by atoms with Gasteiger partial charge in [0.2, 0.25) is 5.91 Å². The third kappa shape index (κ3) is 7.88. The van der Waals surface area contributed by atoms with Gasteiger partial charge in [-0.2, -0.15) is 0 Å². The van der Waals surface area contributed by atoms with Crippen molar-refractivity contribution in [1.29, 1.82) is 0 Å². The Morgan fingerprint density at radius 3 is 2.42 bits per heavy atom. The van der Waals surface area contributed by atoms with Crippen LogP contribution in [-0.4, -0.2) is 23.9 Å². The number of benzene rings is 1. The number of amides is 1. The molecule has 1 rings (SSSR count). The molecule has 2 N–H and O–H groups in total. The zero-order chi connectivity index (χ0) is 12.5. The minimum atomic E-state index is 0. The number of carbonyl (C=O) groups is 1. The van der Waals surface area contributed by atoms with Crippen LogP contribution in [0.1, 0.15) is 18.4 Å². The van der Waals surface area contributed by atoms with Crippen LogP contribution in [0.4, 0.5) is 0 Å². The highest BCUT2D eigenvalue weighted by Gasteiger charge is 2.11. The molecule has 19 heavy (non-hydrogen) atoms. The van der Waals surface area contributed by atoms with Gasteiger partial charge in [0, 0.05) is 26.1 Å². The lowest BCUT2D eigenvalue weighted by atomic mass is 10.2. The van der Waals surface area contributed by atoms with Crippen LogP contribution >= 0.6 is 24.8 Å². The molecular weight excluding hydrogens is 283 g/mol. The van der Waals surface area contributed by atoms with Crippen molar-refractivity contribution in [2.75, 3.05) is 13.1 Å². The summed E-state index contributed by atoms with van der Waals surface area (Å²) in [5, 5.41) is 0. The number of hydrogen-bond donors (Lipinski definition) is 1. The molecule has 1 aromatic rings. The maximum absolute atomic E-state index is 11.9. The molecule has 0 aromatic heterocycles. The van der Waals surface area contributed by atoms with Crippen LogP contribution in [0, 0.1) is 0 Å². The van der Waals surface area contributed by atoms with E-state index >= 15 is 0 Å². The summed E-state index contributed by atoms with van der Waals surface area (Å²) in [6.45, 7) is 5.35. The third-order valence-corrected chi connectivity index (χ3v) is 2.53. The van der Waals surface area contributed by atoms with Crippen molar-refractivity contribution >= 4 is 30.7 Å². The number of allylic oxidation sites excluding steroid dienone is 1. The normalized spacial score (nSPS) is 8.89. The van der Waals surface area contributed by atoms with Gasteiger partial charge < -0.3 is 10.6 Å². The van der Waals surface area contributed by atoms with Gasteiger partial charge in [-0.15, -0.1) is 31.4 Å². The average molecular weight is 305 g/mol. The van der Waals surface area contributed by atoms with Gasteiger partial charge in [0.1, 0.15) is 0 Å². The summed E-state index contributed by atoms with van der Waals surface area (Å²) in [5.74, 6) is 0.138. The first-order valence-electron chi connectivity index (χ1n) is 5.90. The molecule has 108 valence electrons. The summed E-state index contributed by atoms with van der Waals surface area (Å²) in [7, 11) is 0. The molecule has 0 atom stereocenters. The molecule has 0 aliphatic rings. The molecule has 0 bridgehead atoms. The predicted molar refractivity (Wildman–Crippen MR) is 84.8 cm³/mol. The summed E-state index contributed by atoms with van der Waals surface area (Å²) < 4.78 is 0. The Hall–Kier alpha value is -1.03. The van der Waals surface area contributed by atoms with Crippen molar-refractivity contribution in [1.82, 2.24) is 4.90 Å². The van der Waals surface area contributed by atoms with E-state index in [4.69, 9.17) is 5.73 Å². The van der Waals surface area contributed by atoms with Crippen LogP contribution in [0.15, 0.2) is 43.0 Å². The second kappa shape index (κ2) is 12.0. The van der Waals surface area contributed by atoms with Gasteiger partial charge in [-0.05, 0) is 12.0 Å². The Bertz CT molecular complexity index is 358. The first-order chi connectivity index (χ1) is 8.27. The van der Waals surface area contributed by atoms with Crippen LogP contribution in [0.2, 0.25) is 0 Å². The van der Waals surface area contributed by atoms with Crippen LogP contribution < -0.4 is 5.73 Å². The Labute approximate surface area is 127 Å². The van der Waals surface area contributed by atoms with Crippen LogP contribution in [-0.2, 0) is 11.3 Å². The first kappa shape index (κ1) is 20.3. The fourth-order valence-corrected chi connectivity index (χ4v) is 1.64. The lowest BCUT2D eigenvalue weighted by molar-refractivity contribution is -0.131. The Kier molecular flexibility index (Phi) is 12.8. The van der Waals surface area contributed by atoms with E-state index in [-0.39, 0.29) is 30.7 Å². The van der Waals surface area contributed by atoms with Gasteiger partial charge in [-0.3, -0.25) is 4.79 Å². The van der Waals surface area contributed by atoms with Gasteiger partial charge in [-0.25, -0.2) is 0 Å². The smallest absolute Gasteiger partial charge is 0.223 e. The van der Waals surface area contributed by atoms with Crippen molar-refractivity contribution in [2.45, 2.75) is 19.4 Å². The molecule has 1 amide bonds. The SMILES string of the molecule is C=CCCC(=O)N(CCN)Cc1ccccc1.Cl.Cl. The zero-order valence-electron chi connectivity index (χ0n) is 11.0. The quantitative estimate of drug-likeness (QED) is 0.787. The minimum absolute atomic E-state index is 0. The molecular formula is C14H22Cl2N2O. The number of nitrogens with two attached hydrogens (primary N) is 1. The second-order valence-electron chi connectivity index (χ2n) is 3.92. The lowest BCUT2D eigenvalue weighted by Crippen LogP contribution is -2.34. The molecule has 0 saturated carbocycles. The average Bonchev–Trinajstić information content (AvgIpc) is 2.36. The summed E-state index contributed by atoms with van der Waals surface area (Å²) in [6, 6.07) is 9.96.